The van der Waals surface area contributed by atoms with Crippen molar-refractivity contribution in [2.24, 2.45) is 11.3 Å². The maximum atomic E-state index is 12.0. The van der Waals surface area contributed by atoms with Crippen LogP contribution >= 0.6 is 0 Å². The lowest BCUT2D eigenvalue weighted by Crippen LogP contribution is -2.50. The highest BCUT2D eigenvalue weighted by Crippen LogP contribution is 2.26. The number of carbonyl (C=O) groups is 2. The van der Waals surface area contributed by atoms with Gasteiger partial charge < -0.3 is 20.4 Å². The number of carboxylic acids is 1. The Labute approximate surface area is 126 Å². The van der Waals surface area contributed by atoms with Crippen LogP contribution in [0.15, 0.2) is 0 Å². The number of rotatable bonds is 6. The second-order valence-corrected chi connectivity index (χ2v) is 6.82. The molecule has 0 bridgehead atoms. The van der Waals surface area contributed by atoms with Crippen LogP contribution in [0.3, 0.4) is 0 Å². The zero-order chi connectivity index (χ0) is 16.0. The molecule has 6 nitrogen and oxygen atoms in total. The number of β-amino-alcohol motifs (C(OH)–C–C–N with tert-alkyl or cyclic N) is 1. The van der Waals surface area contributed by atoms with Crippen LogP contribution < -0.4 is 5.32 Å². The predicted molar refractivity (Wildman–Crippen MR) is 80.0 cm³/mol. The van der Waals surface area contributed by atoms with Crippen LogP contribution in [0.2, 0.25) is 0 Å². The molecule has 1 heterocycles. The predicted octanol–water partition coefficient (Wildman–Crippen LogP) is 1.68. The molecule has 1 rings (SSSR count). The summed E-state index contributed by atoms with van der Waals surface area (Å²) in [5.41, 5.74) is -0.110. The van der Waals surface area contributed by atoms with Gasteiger partial charge in [0.05, 0.1) is 6.10 Å². The summed E-state index contributed by atoms with van der Waals surface area (Å²) in [6.07, 6.45) is 1.85. The average molecular weight is 300 g/mol. The van der Waals surface area contributed by atoms with Gasteiger partial charge in [-0.1, -0.05) is 20.8 Å². The van der Waals surface area contributed by atoms with Crippen molar-refractivity contribution < 1.29 is 19.8 Å². The third kappa shape index (κ3) is 6.33. The van der Waals surface area contributed by atoms with Crippen LogP contribution in [0.25, 0.3) is 0 Å². The minimum atomic E-state index is -0.788. The van der Waals surface area contributed by atoms with Crippen molar-refractivity contribution in [2.45, 2.75) is 52.6 Å². The van der Waals surface area contributed by atoms with E-state index in [-0.39, 0.29) is 23.8 Å². The number of hydrogen-bond donors (Lipinski definition) is 3. The number of hydrogen-bond acceptors (Lipinski definition) is 3. The van der Waals surface area contributed by atoms with Crippen LogP contribution in [0.4, 0.5) is 4.79 Å². The van der Waals surface area contributed by atoms with Gasteiger partial charge in [-0.3, -0.25) is 4.79 Å². The summed E-state index contributed by atoms with van der Waals surface area (Å²) in [5.74, 6) is -0.549. The molecule has 0 aromatic heterocycles. The molecule has 21 heavy (non-hydrogen) atoms. The molecular weight excluding hydrogens is 272 g/mol. The van der Waals surface area contributed by atoms with Crippen molar-refractivity contribution >= 4 is 12.0 Å². The van der Waals surface area contributed by atoms with Crippen molar-refractivity contribution in [3.63, 3.8) is 0 Å². The van der Waals surface area contributed by atoms with E-state index in [1.54, 1.807) is 4.90 Å². The summed E-state index contributed by atoms with van der Waals surface area (Å²) >= 11 is 0. The van der Waals surface area contributed by atoms with Crippen molar-refractivity contribution in [1.29, 1.82) is 0 Å². The lowest BCUT2D eigenvalue weighted by atomic mass is 9.84. The molecule has 0 radical (unpaired) electrons. The van der Waals surface area contributed by atoms with Gasteiger partial charge in [-0.15, -0.1) is 0 Å². The third-order valence-corrected chi connectivity index (χ3v) is 4.30. The van der Waals surface area contributed by atoms with E-state index in [9.17, 15) is 14.7 Å². The summed E-state index contributed by atoms with van der Waals surface area (Å²) in [6.45, 7) is 7.59. The monoisotopic (exact) mass is 300 g/mol. The number of amides is 2. The number of carbonyl (C=O) groups excluding carboxylic acids is 1. The Balaban J connectivity index is 2.28. The average Bonchev–Trinajstić information content (AvgIpc) is 2.39. The second kappa shape index (κ2) is 7.64. The van der Waals surface area contributed by atoms with Crippen molar-refractivity contribution in [1.82, 2.24) is 10.2 Å². The van der Waals surface area contributed by atoms with Gasteiger partial charge in [0.15, 0.2) is 0 Å². The fourth-order valence-electron chi connectivity index (χ4n) is 2.42. The SMILES string of the molecule is CC1CCN(C(=O)NCCC(C)(C)CCC(=O)O)CC1O. The van der Waals surface area contributed by atoms with Crippen molar-refractivity contribution in [3.05, 3.63) is 0 Å². The summed E-state index contributed by atoms with van der Waals surface area (Å²) in [5, 5.41) is 21.4. The van der Waals surface area contributed by atoms with Gasteiger partial charge in [0.25, 0.3) is 0 Å². The van der Waals surface area contributed by atoms with Crippen molar-refractivity contribution in [3.8, 4) is 0 Å². The van der Waals surface area contributed by atoms with Crippen LogP contribution in [0.1, 0.15) is 46.5 Å². The van der Waals surface area contributed by atoms with Crippen LogP contribution in [-0.2, 0) is 4.79 Å². The van der Waals surface area contributed by atoms with E-state index in [0.717, 1.165) is 12.8 Å². The van der Waals surface area contributed by atoms with E-state index >= 15 is 0 Å². The van der Waals surface area contributed by atoms with E-state index in [1.165, 1.54) is 0 Å². The maximum absolute atomic E-state index is 12.0. The minimum absolute atomic E-state index is 0.110. The summed E-state index contributed by atoms with van der Waals surface area (Å²) < 4.78 is 0. The van der Waals surface area contributed by atoms with Crippen LogP contribution in [0.5, 0.6) is 0 Å². The normalized spacial score (nSPS) is 23.0. The highest BCUT2D eigenvalue weighted by atomic mass is 16.4. The summed E-state index contributed by atoms with van der Waals surface area (Å²) in [6, 6.07) is -0.144. The first-order valence-electron chi connectivity index (χ1n) is 7.64. The standard InChI is InChI=1S/C15H28N2O4/c1-11-5-9-17(10-12(11)18)14(21)16-8-7-15(2,3)6-4-13(19)20/h11-12,18H,4-10H2,1-3H3,(H,16,21)(H,19,20). The third-order valence-electron chi connectivity index (χ3n) is 4.30. The van der Waals surface area contributed by atoms with E-state index in [1.807, 2.05) is 20.8 Å². The zero-order valence-electron chi connectivity index (χ0n) is 13.3. The molecule has 1 aliphatic heterocycles. The Hall–Kier alpha value is -1.30. The Morgan fingerprint density at radius 1 is 1.33 bits per heavy atom. The summed E-state index contributed by atoms with van der Waals surface area (Å²) in [7, 11) is 0. The molecule has 2 amide bonds. The fraction of sp³-hybridized carbons (Fsp3) is 0.867. The molecule has 0 aromatic carbocycles. The topological polar surface area (TPSA) is 89.9 Å². The number of aliphatic carboxylic acids is 1. The Morgan fingerprint density at radius 3 is 2.57 bits per heavy atom. The Bertz CT molecular complexity index is 371. The number of piperidine rings is 1. The number of nitrogens with zero attached hydrogens (tertiary/aromatic N) is 1. The largest absolute Gasteiger partial charge is 0.481 e. The van der Waals surface area contributed by atoms with Crippen LogP contribution in [0, 0.1) is 11.3 Å². The van der Waals surface area contributed by atoms with E-state index < -0.39 is 12.1 Å². The van der Waals surface area contributed by atoms with Gasteiger partial charge in [-0.25, -0.2) is 4.79 Å². The highest BCUT2D eigenvalue weighted by Gasteiger charge is 2.27. The van der Waals surface area contributed by atoms with Gasteiger partial charge in [0, 0.05) is 26.1 Å². The molecule has 0 aromatic rings. The van der Waals surface area contributed by atoms with Gasteiger partial charge in [-0.2, -0.15) is 0 Å². The molecule has 1 aliphatic rings. The molecule has 2 unspecified atom stereocenters. The molecule has 3 N–H and O–H groups in total. The van der Waals surface area contributed by atoms with Crippen molar-refractivity contribution in [2.75, 3.05) is 19.6 Å². The molecule has 0 spiro atoms. The zero-order valence-corrected chi connectivity index (χ0v) is 13.3. The fourth-order valence-corrected chi connectivity index (χ4v) is 2.42. The number of carboxylic acid groups (broad SMARTS) is 1. The smallest absolute Gasteiger partial charge is 0.317 e. The van der Waals surface area contributed by atoms with Gasteiger partial charge in [-0.05, 0) is 30.6 Å². The maximum Gasteiger partial charge on any atom is 0.317 e. The number of aliphatic hydroxyl groups excluding tert-OH is 1. The lowest BCUT2D eigenvalue weighted by molar-refractivity contribution is -0.137. The minimum Gasteiger partial charge on any atom is -0.481 e. The number of urea groups is 1. The van der Waals surface area contributed by atoms with Gasteiger partial charge in [0.1, 0.15) is 0 Å². The lowest BCUT2D eigenvalue weighted by Gasteiger charge is -2.34. The Morgan fingerprint density at radius 2 is 2.00 bits per heavy atom. The molecule has 1 saturated heterocycles. The quantitative estimate of drug-likeness (QED) is 0.696. The first-order chi connectivity index (χ1) is 9.71. The molecule has 6 heteroatoms. The molecule has 0 saturated carbocycles. The molecule has 2 atom stereocenters. The number of aliphatic hydroxyl groups is 1. The van der Waals surface area contributed by atoms with E-state index in [0.29, 0.717) is 26.1 Å². The second-order valence-electron chi connectivity index (χ2n) is 6.82. The highest BCUT2D eigenvalue weighted by molar-refractivity contribution is 5.74. The van der Waals surface area contributed by atoms with Gasteiger partial charge in [0.2, 0.25) is 0 Å². The molecule has 1 fully saturated rings. The summed E-state index contributed by atoms with van der Waals surface area (Å²) in [4.78, 5) is 24.3. The first-order valence-corrected chi connectivity index (χ1v) is 7.64. The number of likely N-dealkylation sites (tertiary alicyclic amines) is 1. The van der Waals surface area contributed by atoms with E-state index in [4.69, 9.17) is 5.11 Å². The first kappa shape index (κ1) is 17.8. The number of nitrogens with one attached hydrogen (secondary N) is 1. The van der Waals surface area contributed by atoms with Crippen LogP contribution in [-0.4, -0.2) is 52.9 Å². The Kier molecular flexibility index (Phi) is 6.45. The molecule has 122 valence electrons. The molecular formula is C15H28N2O4. The van der Waals surface area contributed by atoms with Gasteiger partial charge >= 0.3 is 12.0 Å². The molecule has 0 aliphatic carbocycles. The van der Waals surface area contributed by atoms with E-state index in [2.05, 4.69) is 5.32 Å².